The second-order valence-electron chi connectivity index (χ2n) is 12.5. The number of pyridine rings is 2. The van der Waals surface area contributed by atoms with E-state index in [1.807, 2.05) is 39.0 Å². The van der Waals surface area contributed by atoms with Crippen molar-refractivity contribution in [3.05, 3.63) is 70.7 Å². The van der Waals surface area contributed by atoms with E-state index in [1.54, 1.807) is 30.8 Å². The third kappa shape index (κ3) is 5.36. The van der Waals surface area contributed by atoms with Gasteiger partial charge >= 0.3 is 5.97 Å². The second kappa shape index (κ2) is 11.5. The lowest BCUT2D eigenvalue weighted by Gasteiger charge is -2.38. The fraction of sp³-hybridized carbons (Fsp3) is 0.469. The molecule has 2 aliphatic rings. The van der Waals surface area contributed by atoms with E-state index in [2.05, 4.69) is 20.3 Å². The number of aryl methyl sites for hydroxylation is 3. The summed E-state index contributed by atoms with van der Waals surface area (Å²) in [5.74, 6) is -1.49. The molecule has 5 heterocycles. The van der Waals surface area contributed by atoms with Crippen LogP contribution in [0.15, 0.2) is 47.6 Å². The first-order chi connectivity index (χ1) is 21.4. The highest BCUT2D eigenvalue weighted by atomic mass is 32.2. The molecule has 6 rings (SSSR count). The summed E-state index contributed by atoms with van der Waals surface area (Å²) in [6.07, 6.45) is 4.26. The zero-order chi connectivity index (χ0) is 32.1. The van der Waals surface area contributed by atoms with Gasteiger partial charge in [0, 0.05) is 49.9 Å². The van der Waals surface area contributed by atoms with Gasteiger partial charge in [0.2, 0.25) is 15.9 Å². The van der Waals surface area contributed by atoms with Crippen LogP contribution in [0.5, 0.6) is 5.88 Å². The summed E-state index contributed by atoms with van der Waals surface area (Å²) < 4.78 is 43.4. The van der Waals surface area contributed by atoms with Crippen molar-refractivity contribution >= 4 is 27.0 Å². The summed E-state index contributed by atoms with van der Waals surface area (Å²) in [6, 6.07) is 8.87. The number of aromatic nitrogens is 5. The molecule has 13 heteroatoms. The number of carboxylic acid groups (broad SMARTS) is 1. The van der Waals surface area contributed by atoms with E-state index >= 15 is 0 Å². The van der Waals surface area contributed by atoms with Gasteiger partial charge in [-0.15, -0.1) is 5.10 Å². The van der Waals surface area contributed by atoms with Crippen LogP contribution in [0.2, 0.25) is 0 Å². The Bertz CT molecular complexity index is 1880. The SMILES string of the molecule is CCn1nnc2c(C)c([C@@H](c3cnc(C)c(CN4CC5(CCOCC5)Oc5ncccc5S4(=O)=O)c3)C(C)(C)C(=O)O)ccc21. The van der Waals surface area contributed by atoms with Crippen molar-refractivity contribution in [3.8, 4) is 5.88 Å². The van der Waals surface area contributed by atoms with Crippen LogP contribution in [0.25, 0.3) is 11.0 Å². The number of ether oxygens (including phenoxy) is 2. The summed E-state index contributed by atoms with van der Waals surface area (Å²) in [5, 5.41) is 19.1. The lowest BCUT2D eigenvalue weighted by atomic mass is 9.70. The van der Waals surface area contributed by atoms with E-state index in [0.29, 0.717) is 54.9 Å². The van der Waals surface area contributed by atoms with E-state index in [0.717, 1.165) is 16.6 Å². The van der Waals surface area contributed by atoms with Gasteiger partial charge in [0.15, 0.2) is 0 Å². The maximum absolute atomic E-state index is 14.1. The molecule has 0 unspecified atom stereocenters. The van der Waals surface area contributed by atoms with Crippen LogP contribution in [0, 0.1) is 19.3 Å². The van der Waals surface area contributed by atoms with Crippen molar-refractivity contribution < 1.29 is 27.8 Å². The van der Waals surface area contributed by atoms with Crippen molar-refractivity contribution in [2.24, 2.45) is 5.41 Å². The Kier molecular flexibility index (Phi) is 7.90. The monoisotopic (exact) mass is 634 g/mol. The van der Waals surface area contributed by atoms with Crippen LogP contribution >= 0.6 is 0 Å². The van der Waals surface area contributed by atoms with Gasteiger partial charge in [-0.3, -0.25) is 9.78 Å². The van der Waals surface area contributed by atoms with Gasteiger partial charge in [-0.25, -0.2) is 18.1 Å². The molecule has 3 aromatic heterocycles. The van der Waals surface area contributed by atoms with Gasteiger partial charge in [-0.1, -0.05) is 17.3 Å². The van der Waals surface area contributed by atoms with Crippen LogP contribution in [0.3, 0.4) is 0 Å². The zero-order valence-electron chi connectivity index (χ0n) is 26.1. The molecule has 0 bridgehead atoms. The quantitative estimate of drug-likeness (QED) is 0.313. The van der Waals surface area contributed by atoms with Crippen molar-refractivity contribution in [1.82, 2.24) is 29.3 Å². The average molecular weight is 635 g/mol. The normalized spacial score (nSPS) is 18.7. The predicted molar refractivity (Wildman–Crippen MR) is 165 cm³/mol. The minimum Gasteiger partial charge on any atom is -0.481 e. The number of benzene rings is 1. The second-order valence-corrected chi connectivity index (χ2v) is 14.4. The fourth-order valence-electron chi connectivity index (χ4n) is 6.52. The van der Waals surface area contributed by atoms with Crippen LogP contribution in [-0.2, 0) is 32.6 Å². The van der Waals surface area contributed by atoms with E-state index in [9.17, 15) is 18.3 Å². The van der Waals surface area contributed by atoms with E-state index in [-0.39, 0.29) is 23.9 Å². The molecule has 4 aromatic rings. The Morgan fingerprint density at radius 2 is 1.91 bits per heavy atom. The number of sulfonamides is 1. The molecular formula is C32H38N6O6S. The topological polar surface area (TPSA) is 150 Å². The van der Waals surface area contributed by atoms with Crippen LogP contribution in [-0.4, -0.2) is 74.1 Å². The maximum Gasteiger partial charge on any atom is 0.310 e. The van der Waals surface area contributed by atoms with Gasteiger partial charge in [-0.05, 0) is 75.1 Å². The van der Waals surface area contributed by atoms with Gasteiger partial charge in [0.05, 0.1) is 30.7 Å². The minimum absolute atomic E-state index is 0.0177. The van der Waals surface area contributed by atoms with E-state index in [4.69, 9.17) is 9.47 Å². The molecule has 1 spiro atoms. The molecule has 0 radical (unpaired) electrons. The Morgan fingerprint density at radius 3 is 2.62 bits per heavy atom. The van der Waals surface area contributed by atoms with Gasteiger partial charge < -0.3 is 14.6 Å². The molecule has 1 fully saturated rings. The highest BCUT2D eigenvalue weighted by molar-refractivity contribution is 7.89. The van der Waals surface area contributed by atoms with Crippen LogP contribution in [0.1, 0.15) is 67.5 Å². The third-order valence-corrected chi connectivity index (χ3v) is 11.1. The number of nitrogens with zero attached hydrogens (tertiary/aromatic N) is 6. The lowest BCUT2D eigenvalue weighted by Crippen LogP contribution is -2.50. The zero-order valence-corrected chi connectivity index (χ0v) is 27.0. The van der Waals surface area contributed by atoms with Gasteiger partial charge in [-0.2, -0.15) is 4.31 Å². The lowest BCUT2D eigenvalue weighted by molar-refractivity contribution is -0.147. The number of rotatable bonds is 7. The molecule has 12 nitrogen and oxygen atoms in total. The first kappa shape index (κ1) is 31.1. The average Bonchev–Trinajstić information content (AvgIpc) is 3.41. The summed E-state index contributed by atoms with van der Waals surface area (Å²) in [4.78, 5) is 21.7. The van der Waals surface area contributed by atoms with Crippen molar-refractivity contribution in [1.29, 1.82) is 0 Å². The first-order valence-corrected chi connectivity index (χ1v) is 16.6. The molecule has 1 aromatic carbocycles. The molecule has 1 saturated heterocycles. The summed E-state index contributed by atoms with van der Waals surface area (Å²) in [7, 11) is -4.00. The van der Waals surface area contributed by atoms with E-state index in [1.165, 1.54) is 16.6 Å². The van der Waals surface area contributed by atoms with Crippen LogP contribution in [0.4, 0.5) is 0 Å². The number of carbonyl (C=O) groups is 1. The number of carboxylic acids is 1. The fourth-order valence-corrected chi connectivity index (χ4v) is 8.08. The van der Waals surface area contributed by atoms with Crippen molar-refractivity contribution in [3.63, 3.8) is 0 Å². The third-order valence-electron chi connectivity index (χ3n) is 9.29. The number of hydrogen-bond donors (Lipinski definition) is 1. The summed E-state index contributed by atoms with van der Waals surface area (Å²) >= 11 is 0. The van der Waals surface area contributed by atoms with Crippen LogP contribution < -0.4 is 4.74 Å². The Balaban J connectivity index is 1.46. The number of fused-ring (bicyclic) bond motifs is 2. The maximum atomic E-state index is 14.1. The molecule has 45 heavy (non-hydrogen) atoms. The summed E-state index contributed by atoms with van der Waals surface area (Å²) in [6.45, 7) is 10.8. The number of aliphatic carboxylic acids is 1. The highest BCUT2D eigenvalue weighted by Crippen LogP contribution is 2.44. The molecule has 1 atom stereocenters. The molecule has 238 valence electrons. The smallest absolute Gasteiger partial charge is 0.310 e. The predicted octanol–water partition coefficient (Wildman–Crippen LogP) is 4.23. The Labute approximate surface area is 262 Å². The highest BCUT2D eigenvalue weighted by Gasteiger charge is 2.46. The number of hydrogen-bond acceptors (Lipinski definition) is 9. The molecule has 0 amide bonds. The van der Waals surface area contributed by atoms with Gasteiger partial charge in [0.1, 0.15) is 16.0 Å². The largest absolute Gasteiger partial charge is 0.481 e. The molecular weight excluding hydrogens is 596 g/mol. The van der Waals surface area contributed by atoms with E-state index < -0.39 is 32.9 Å². The Hall–Kier alpha value is -3.94. The molecule has 0 saturated carbocycles. The minimum atomic E-state index is -4.00. The Morgan fingerprint density at radius 1 is 1.16 bits per heavy atom. The van der Waals surface area contributed by atoms with Crippen molar-refractivity contribution in [2.45, 2.75) is 77.0 Å². The molecule has 2 aliphatic heterocycles. The molecule has 0 aliphatic carbocycles. The summed E-state index contributed by atoms with van der Waals surface area (Å²) in [5.41, 5.74) is 3.18. The standard InChI is InChI=1S/C32H38N6O6S/c1-6-38-25-10-9-24(20(2)28(25)35-36-38)27(31(4,5)30(39)40)22-16-23(21(3)34-17-22)18-37-19-32(11-14-43-15-12-32)44-29-26(45(37,41)42)8-7-13-33-29/h7-10,13,16-17,27H,6,11-12,14-15,18-19H2,1-5H3,(H,39,40)/t27-/m1/s1. The first-order valence-electron chi connectivity index (χ1n) is 15.1. The van der Waals surface area contributed by atoms with Crippen molar-refractivity contribution in [2.75, 3.05) is 19.8 Å². The van der Waals surface area contributed by atoms with Gasteiger partial charge in [0.25, 0.3) is 0 Å². The molecule has 1 N–H and O–H groups in total.